The van der Waals surface area contributed by atoms with Crippen molar-refractivity contribution < 1.29 is 22.3 Å². The minimum absolute atomic E-state index is 0.0473. The monoisotopic (exact) mass is 578 g/mol. The maximum absolute atomic E-state index is 15.2. The van der Waals surface area contributed by atoms with Crippen molar-refractivity contribution in [1.82, 2.24) is 20.2 Å². The van der Waals surface area contributed by atoms with Gasteiger partial charge in [-0.15, -0.1) is 11.3 Å². The number of aromatic nitrogens is 2. The van der Waals surface area contributed by atoms with Crippen molar-refractivity contribution in [2.45, 2.75) is 24.2 Å². The Morgan fingerprint density at radius 1 is 1.26 bits per heavy atom. The van der Waals surface area contributed by atoms with Crippen LogP contribution in [0.1, 0.15) is 28.1 Å². The van der Waals surface area contributed by atoms with E-state index in [1.54, 1.807) is 25.1 Å². The lowest BCUT2D eigenvalue weighted by Gasteiger charge is -2.18. The number of aryl methyl sites for hydroxylation is 1. The highest BCUT2D eigenvalue weighted by Crippen LogP contribution is 2.33. The molecule has 186 valence electrons. The van der Waals surface area contributed by atoms with E-state index in [2.05, 4.69) is 15.5 Å². The molecule has 2 aromatic heterocycles. The molecule has 0 saturated carbocycles. The number of hydrogen-bond donors (Lipinski definition) is 3. The zero-order valence-corrected chi connectivity index (χ0v) is 21.9. The molecule has 0 atom stereocenters. The number of hydrogen-bond acceptors (Lipinski definition) is 6. The van der Waals surface area contributed by atoms with Gasteiger partial charge in [0.25, 0.3) is 10.0 Å². The molecule has 1 aliphatic heterocycles. The van der Waals surface area contributed by atoms with Gasteiger partial charge < -0.3 is 10.1 Å². The molecule has 35 heavy (non-hydrogen) atoms. The summed E-state index contributed by atoms with van der Waals surface area (Å²) in [5.41, 5.74) is 3.19. The van der Waals surface area contributed by atoms with Gasteiger partial charge in [0.05, 0.1) is 35.5 Å². The number of benzene rings is 1. The van der Waals surface area contributed by atoms with Gasteiger partial charge >= 0.3 is 6.03 Å². The lowest BCUT2D eigenvalue weighted by molar-refractivity contribution is 0.142. The molecule has 0 spiro atoms. The van der Waals surface area contributed by atoms with Crippen molar-refractivity contribution in [2.75, 3.05) is 13.2 Å². The topological polar surface area (TPSA) is 113 Å². The van der Waals surface area contributed by atoms with Gasteiger partial charge in [0.2, 0.25) is 0 Å². The molecule has 0 radical (unpaired) electrons. The van der Waals surface area contributed by atoms with Gasteiger partial charge in [-0.1, -0.05) is 40.9 Å². The van der Waals surface area contributed by atoms with Crippen LogP contribution < -0.4 is 10.0 Å². The van der Waals surface area contributed by atoms with Gasteiger partial charge in [0, 0.05) is 27.6 Å². The second-order valence-electron chi connectivity index (χ2n) is 7.62. The summed E-state index contributed by atoms with van der Waals surface area (Å²) in [7, 11) is -4.15. The van der Waals surface area contributed by atoms with Crippen LogP contribution in [-0.2, 0) is 27.8 Å². The van der Waals surface area contributed by atoms with Gasteiger partial charge in [-0.05, 0) is 36.2 Å². The molecule has 8 nitrogen and oxygen atoms in total. The average Bonchev–Trinajstić information content (AvgIpc) is 3.37. The highest BCUT2D eigenvalue weighted by molar-refractivity contribution is 7.92. The van der Waals surface area contributed by atoms with Crippen molar-refractivity contribution >= 4 is 67.8 Å². The summed E-state index contributed by atoms with van der Waals surface area (Å²) in [6.07, 6.45) is 0.313. The third-order valence-corrected chi connectivity index (χ3v) is 9.09. The first-order chi connectivity index (χ1) is 16.5. The van der Waals surface area contributed by atoms with E-state index in [9.17, 15) is 13.2 Å². The highest BCUT2D eigenvalue weighted by Gasteiger charge is 2.26. The highest BCUT2D eigenvalue weighted by atomic mass is 35.5. The number of nitrogens with one attached hydrogen (secondary N) is 3. The Morgan fingerprint density at radius 3 is 2.71 bits per heavy atom. The molecule has 4 rings (SSSR count). The van der Waals surface area contributed by atoms with Crippen LogP contribution in [-0.4, -0.2) is 37.8 Å². The fourth-order valence-corrected chi connectivity index (χ4v) is 6.54. The molecule has 3 aromatic rings. The fourth-order valence-electron chi connectivity index (χ4n) is 3.43. The molecule has 3 heterocycles. The van der Waals surface area contributed by atoms with E-state index in [-0.39, 0.29) is 23.0 Å². The Morgan fingerprint density at radius 2 is 2.03 bits per heavy atom. The Balaban J connectivity index is 1.50. The summed E-state index contributed by atoms with van der Waals surface area (Å²) >= 11 is 19.0. The fraction of sp³-hybridized carbons (Fsp3) is 0.238. The number of thiophene rings is 1. The number of H-pyrrole nitrogens is 1. The van der Waals surface area contributed by atoms with Crippen molar-refractivity contribution in [1.29, 1.82) is 0 Å². The summed E-state index contributed by atoms with van der Waals surface area (Å²) < 4.78 is 47.4. The van der Waals surface area contributed by atoms with Gasteiger partial charge in [-0.3, -0.25) is 5.10 Å². The third kappa shape index (κ3) is 5.82. The number of nitrogens with zero attached hydrogens (tertiary/aromatic N) is 1. The second-order valence-corrected chi connectivity index (χ2v) is 12.0. The van der Waals surface area contributed by atoms with Gasteiger partial charge in [-0.2, -0.15) is 5.10 Å². The van der Waals surface area contributed by atoms with Crippen LogP contribution >= 0.6 is 46.1 Å². The van der Waals surface area contributed by atoms with Crippen LogP contribution in [0.5, 0.6) is 0 Å². The zero-order valence-electron chi connectivity index (χ0n) is 18.0. The molecule has 3 N–H and O–H groups in total. The Kier molecular flexibility index (Phi) is 7.74. The smallest absolute Gasteiger partial charge is 0.329 e. The normalized spacial score (nSPS) is 15.0. The molecule has 0 saturated heterocycles. The Bertz CT molecular complexity index is 1420. The van der Waals surface area contributed by atoms with Gasteiger partial charge in [0.1, 0.15) is 10.0 Å². The minimum Gasteiger partial charge on any atom is -0.370 e. The average molecular weight is 580 g/mol. The molecular weight excluding hydrogens is 562 g/mol. The van der Waals surface area contributed by atoms with Gasteiger partial charge in [0.15, 0.2) is 0 Å². The number of ether oxygens (including phenoxy) is 1. The predicted octanol–water partition coefficient (Wildman–Crippen LogP) is 5.23. The SMILES string of the molecule is Cc1cc(S(=O)(=O)NC(=O)NCC(F)=C2COCc3[nH]nc(Cc4ccc(Cl)cc4Cl)c32)sc1Cl. The van der Waals surface area contributed by atoms with Crippen LogP contribution in [0.4, 0.5) is 9.18 Å². The predicted molar refractivity (Wildman–Crippen MR) is 133 cm³/mol. The summed E-state index contributed by atoms with van der Waals surface area (Å²) in [5.74, 6) is -0.696. The van der Waals surface area contributed by atoms with E-state index >= 15 is 4.39 Å². The number of fused-ring (bicyclic) bond motifs is 1. The van der Waals surface area contributed by atoms with E-state index in [0.29, 0.717) is 43.3 Å². The van der Waals surface area contributed by atoms with E-state index in [4.69, 9.17) is 39.5 Å². The largest absolute Gasteiger partial charge is 0.370 e. The zero-order chi connectivity index (χ0) is 25.3. The van der Waals surface area contributed by atoms with Crippen molar-refractivity contribution in [2.24, 2.45) is 0 Å². The first-order valence-corrected chi connectivity index (χ1v) is 13.5. The third-order valence-electron chi connectivity index (χ3n) is 5.14. The number of carbonyl (C=O) groups is 1. The number of aromatic amines is 1. The molecule has 14 heteroatoms. The number of halogens is 4. The molecule has 0 fully saturated rings. The molecular formula is C21H18Cl3FN4O4S2. The maximum Gasteiger partial charge on any atom is 0.329 e. The lowest BCUT2D eigenvalue weighted by Crippen LogP contribution is -2.39. The first kappa shape index (κ1) is 25.9. The van der Waals surface area contributed by atoms with Crippen LogP contribution in [0.3, 0.4) is 0 Å². The summed E-state index contributed by atoms with van der Waals surface area (Å²) in [6.45, 7) is 1.25. The van der Waals surface area contributed by atoms with E-state index < -0.39 is 28.4 Å². The number of carbonyl (C=O) groups excluding carboxylic acids is 1. The molecule has 0 aliphatic carbocycles. The van der Waals surface area contributed by atoms with E-state index in [0.717, 1.165) is 16.9 Å². The standard InChI is InChI=1S/C21H18Cl3FN4O4S2/c1-10-4-18(34-20(10)24)35(31,32)29-21(30)26-7-15(25)13-8-33-9-17-19(13)16(27-28-17)5-11-2-3-12(22)6-14(11)23/h2-4,6H,5,7-9H2,1H3,(H,27,28)(H2,26,29,30). The molecule has 0 unspecified atom stereocenters. The minimum atomic E-state index is -4.15. The van der Waals surface area contributed by atoms with E-state index in [1.807, 2.05) is 4.72 Å². The number of rotatable bonds is 6. The summed E-state index contributed by atoms with van der Waals surface area (Å²) in [5, 5.41) is 10.3. The number of amides is 2. The maximum atomic E-state index is 15.2. The van der Waals surface area contributed by atoms with E-state index in [1.165, 1.54) is 6.07 Å². The van der Waals surface area contributed by atoms with Crippen LogP contribution in [0.15, 0.2) is 34.3 Å². The molecule has 0 bridgehead atoms. The van der Waals surface area contributed by atoms with Crippen LogP contribution in [0, 0.1) is 6.92 Å². The molecule has 1 aliphatic rings. The van der Waals surface area contributed by atoms with Gasteiger partial charge in [-0.25, -0.2) is 22.3 Å². The second kappa shape index (κ2) is 10.5. The number of sulfonamides is 1. The van der Waals surface area contributed by atoms with Crippen LogP contribution in [0.25, 0.3) is 5.57 Å². The number of urea groups is 1. The van der Waals surface area contributed by atoms with Crippen molar-refractivity contribution in [3.63, 3.8) is 0 Å². The summed E-state index contributed by atoms with van der Waals surface area (Å²) in [6, 6.07) is 5.34. The quantitative estimate of drug-likeness (QED) is 0.370. The Labute approximate surface area is 219 Å². The first-order valence-electron chi connectivity index (χ1n) is 10.1. The molecule has 2 amide bonds. The Hall–Kier alpha value is -2.15. The van der Waals surface area contributed by atoms with Crippen molar-refractivity contribution in [3.8, 4) is 0 Å². The summed E-state index contributed by atoms with van der Waals surface area (Å²) in [4.78, 5) is 12.2. The van der Waals surface area contributed by atoms with Crippen molar-refractivity contribution in [3.05, 3.63) is 72.6 Å². The van der Waals surface area contributed by atoms with Crippen LogP contribution in [0.2, 0.25) is 14.4 Å². The lowest BCUT2D eigenvalue weighted by atomic mass is 9.97. The molecule has 1 aromatic carbocycles.